The predicted octanol–water partition coefficient (Wildman–Crippen LogP) is -0.286. The van der Waals surface area contributed by atoms with Gasteiger partial charge in [-0.2, -0.15) is 4.90 Å². The lowest BCUT2D eigenvalue weighted by atomic mass is 10.5. The molecule has 0 aromatic heterocycles. The van der Waals surface area contributed by atoms with Crippen LogP contribution < -0.4 is 0 Å². The van der Waals surface area contributed by atoms with Crippen LogP contribution in [0.25, 0.3) is 0 Å². The number of hydrogen-bond donors (Lipinski definition) is 0. The normalized spacial score (nSPS) is 19.3. The van der Waals surface area contributed by atoms with Crippen molar-refractivity contribution in [3.8, 4) is 0 Å². The average molecular weight is 200 g/mol. The molecule has 0 N–H and O–H groups in total. The lowest BCUT2D eigenvalue weighted by molar-refractivity contribution is -0.139. The Morgan fingerprint density at radius 2 is 1.36 bits per heavy atom. The lowest BCUT2D eigenvalue weighted by Gasteiger charge is -2.42. The van der Waals surface area contributed by atoms with Gasteiger partial charge in [0.15, 0.2) is 0 Å². The van der Waals surface area contributed by atoms with Gasteiger partial charge in [0.05, 0.1) is 0 Å². The largest absolute Gasteiger partial charge is 0.350 e. The van der Waals surface area contributed by atoms with Gasteiger partial charge in [-0.05, 0) is 0 Å². The van der Waals surface area contributed by atoms with Crippen LogP contribution in [0.3, 0.4) is 0 Å². The highest BCUT2D eigenvalue weighted by Gasteiger charge is 2.39. The fourth-order valence-electron chi connectivity index (χ4n) is 1.09. The summed E-state index contributed by atoms with van der Waals surface area (Å²) in [7, 11) is 4.50. The number of hydrazine groups is 2. The van der Waals surface area contributed by atoms with Crippen LogP contribution in [-0.4, -0.2) is 59.1 Å². The highest BCUT2D eigenvalue weighted by atomic mass is 16.2. The second kappa shape index (κ2) is 3.26. The maximum absolute atomic E-state index is 11.5. The number of carbonyl (C=O) groups excluding carboxylic acids is 3. The maximum atomic E-state index is 11.5. The van der Waals surface area contributed by atoms with Crippen molar-refractivity contribution in [2.24, 2.45) is 0 Å². The summed E-state index contributed by atoms with van der Waals surface area (Å²) in [5.41, 5.74) is 0. The van der Waals surface area contributed by atoms with E-state index in [9.17, 15) is 14.4 Å². The van der Waals surface area contributed by atoms with E-state index in [-0.39, 0.29) is 0 Å². The Bertz CT molecular complexity index is 281. The smallest absolute Gasteiger partial charge is 0.274 e. The molecule has 1 heterocycles. The van der Waals surface area contributed by atoms with Crippen molar-refractivity contribution < 1.29 is 14.4 Å². The van der Waals surface area contributed by atoms with Gasteiger partial charge < -0.3 is 0 Å². The molecule has 0 aliphatic carbocycles. The Hall–Kier alpha value is -1.63. The van der Waals surface area contributed by atoms with Crippen molar-refractivity contribution in [2.75, 3.05) is 21.1 Å². The van der Waals surface area contributed by atoms with Crippen LogP contribution in [0.15, 0.2) is 0 Å². The summed E-state index contributed by atoms with van der Waals surface area (Å²) in [4.78, 5) is 34.6. The molecule has 1 aliphatic heterocycles. The van der Waals surface area contributed by atoms with Crippen LogP contribution in [0.2, 0.25) is 0 Å². The lowest BCUT2D eigenvalue weighted by Crippen LogP contribution is -2.66. The number of rotatable bonds is 0. The molecule has 0 spiro atoms. The fraction of sp³-hybridized carbons (Fsp3) is 0.571. The second-order valence-corrected chi connectivity index (χ2v) is 2.96. The van der Waals surface area contributed by atoms with Gasteiger partial charge in [-0.15, -0.1) is 5.12 Å². The third kappa shape index (κ3) is 1.31. The van der Waals surface area contributed by atoms with Gasteiger partial charge in [-0.1, -0.05) is 0 Å². The first-order valence-electron chi connectivity index (χ1n) is 3.97. The number of hydrogen-bond acceptors (Lipinski definition) is 4. The second-order valence-electron chi connectivity index (χ2n) is 2.96. The number of urea groups is 2. The molecule has 1 aliphatic rings. The van der Waals surface area contributed by atoms with E-state index in [1.807, 2.05) is 0 Å². The molecule has 0 aromatic carbocycles. The quantitative estimate of drug-likeness (QED) is 0.539. The molecule has 0 bridgehead atoms. The van der Waals surface area contributed by atoms with Gasteiger partial charge >= 0.3 is 12.1 Å². The molecule has 1 fully saturated rings. The maximum Gasteiger partial charge on any atom is 0.350 e. The number of imide groups is 3. The van der Waals surface area contributed by atoms with E-state index in [0.717, 1.165) is 0 Å². The van der Waals surface area contributed by atoms with Crippen molar-refractivity contribution >= 4 is 18.0 Å². The monoisotopic (exact) mass is 200 g/mol. The molecule has 7 nitrogen and oxygen atoms in total. The number of nitrogens with zero attached hydrogens (tertiary/aromatic N) is 4. The third-order valence-electron chi connectivity index (χ3n) is 2.12. The minimum atomic E-state index is -0.650. The Labute approximate surface area is 81.4 Å². The zero-order valence-corrected chi connectivity index (χ0v) is 8.51. The third-order valence-corrected chi connectivity index (χ3v) is 2.12. The van der Waals surface area contributed by atoms with Gasteiger partial charge in [-0.25, -0.2) is 19.6 Å². The number of amides is 5. The first-order chi connectivity index (χ1) is 6.37. The summed E-state index contributed by atoms with van der Waals surface area (Å²) in [6.07, 6.45) is 0. The topological polar surface area (TPSA) is 64.2 Å². The first kappa shape index (κ1) is 10.5. The van der Waals surface area contributed by atoms with E-state index >= 15 is 0 Å². The molecule has 1 rings (SSSR count). The van der Waals surface area contributed by atoms with Crippen LogP contribution >= 0.6 is 0 Å². The first-order valence-corrected chi connectivity index (χ1v) is 3.97. The molecule has 0 radical (unpaired) electrons. The van der Waals surface area contributed by atoms with Gasteiger partial charge in [0.2, 0.25) is 5.91 Å². The van der Waals surface area contributed by atoms with E-state index in [1.165, 1.54) is 36.2 Å². The molecule has 0 saturated carbocycles. The predicted molar refractivity (Wildman–Crippen MR) is 46.6 cm³/mol. The molecule has 1 saturated heterocycles. The van der Waals surface area contributed by atoms with E-state index < -0.39 is 18.0 Å². The summed E-state index contributed by atoms with van der Waals surface area (Å²) < 4.78 is 0. The SMILES string of the molecule is CC(=O)N1C(=O)N(C)N(C)N(C)C1=O. The highest BCUT2D eigenvalue weighted by Crippen LogP contribution is 2.12. The standard InChI is InChI=1S/C7H12N4O3/c1-5(12)11-6(13)8(2)10(4)9(3)7(11)14/h1-4H3. The molecule has 78 valence electrons. The van der Waals surface area contributed by atoms with Crippen LogP contribution in [0.1, 0.15) is 6.92 Å². The molecule has 14 heavy (non-hydrogen) atoms. The van der Waals surface area contributed by atoms with E-state index in [1.54, 1.807) is 7.05 Å². The number of carbonyl (C=O) groups is 3. The molecule has 7 heteroatoms. The van der Waals surface area contributed by atoms with E-state index in [0.29, 0.717) is 4.90 Å². The van der Waals surface area contributed by atoms with Crippen molar-refractivity contribution in [3.05, 3.63) is 0 Å². The molecule has 0 atom stereocenters. The molecular weight excluding hydrogens is 188 g/mol. The zero-order valence-electron chi connectivity index (χ0n) is 8.51. The fourth-order valence-corrected chi connectivity index (χ4v) is 1.09. The summed E-state index contributed by atoms with van der Waals surface area (Å²) in [6, 6.07) is -1.30. The van der Waals surface area contributed by atoms with Crippen molar-refractivity contribution in [2.45, 2.75) is 6.92 Å². The molecule has 0 unspecified atom stereocenters. The van der Waals surface area contributed by atoms with Crippen molar-refractivity contribution in [3.63, 3.8) is 0 Å². The Morgan fingerprint density at radius 1 is 1.00 bits per heavy atom. The van der Waals surface area contributed by atoms with Crippen LogP contribution in [0.4, 0.5) is 9.59 Å². The molecule has 0 aromatic rings. The van der Waals surface area contributed by atoms with Gasteiger partial charge in [0, 0.05) is 28.1 Å². The van der Waals surface area contributed by atoms with Gasteiger partial charge in [0.1, 0.15) is 0 Å². The summed E-state index contributed by atoms with van der Waals surface area (Å²) in [5.74, 6) is -0.591. The van der Waals surface area contributed by atoms with Crippen molar-refractivity contribution in [1.29, 1.82) is 0 Å². The summed E-state index contributed by atoms with van der Waals surface area (Å²) in [6.45, 7) is 1.17. The average Bonchev–Trinajstić information content (AvgIpc) is 2.11. The Kier molecular flexibility index (Phi) is 2.43. The summed E-state index contributed by atoms with van der Waals surface area (Å²) >= 11 is 0. The zero-order chi connectivity index (χ0) is 11.0. The van der Waals surface area contributed by atoms with Crippen LogP contribution in [0, 0.1) is 0 Å². The van der Waals surface area contributed by atoms with Gasteiger partial charge in [0.25, 0.3) is 0 Å². The van der Waals surface area contributed by atoms with E-state index in [4.69, 9.17) is 0 Å². The van der Waals surface area contributed by atoms with Crippen LogP contribution in [0.5, 0.6) is 0 Å². The van der Waals surface area contributed by atoms with Gasteiger partial charge in [-0.3, -0.25) is 4.79 Å². The van der Waals surface area contributed by atoms with Crippen molar-refractivity contribution in [1.82, 2.24) is 20.0 Å². The minimum Gasteiger partial charge on any atom is -0.274 e. The van der Waals surface area contributed by atoms with E-state index in [2.05, 4.69) is 0 Å². The molecule has 5 amide bonds. The summed E-state index contributed by atoms with van der Waals surface area (Å²) in [5, 5.41) is 3.66. The highest BCUT2D eigenvalue weighted by molar-refractivity contribution is 6.09. The minimum absolute atomic E-state index is 0.583. The Morgan fingerprint density at radius 3 is 1.64 bits per heavy atom. The Balaban J connectivity index is 3.04. The van der Waals surface area contributed by atoms with Crippen LogP contribution in [-0.2, 0) is 4.79 Å². The molecular formula is C7H12N4O3.